The molecule has 0 aromatic heterocycles. The second-order valence-corrected chi connectivity index (χ2v) is 12.4. The third-order valence-corrected chi connectivity index (χ3v) is 7.77. The van der Waals surface area contributed by atoms with E-state index >= 15 is 0 Å². The molecule has 0 saturated carbocycles. The smallest absolute Gasteiger partial charge is 0.387 e. The summed E-state index contributed by atoms with van der Waals surface area (Å²) < 4.78 is 21.9. The summed E-state index contributed by atoms with van der Waals surface area (Å²) in [6, 6.07) is -0.890. The first-order valence-corrected chi connectivity index (χ1v) is 18.6. The molecule has 8 nitrogen and oxygen atoms in total. The number of nitrogens with one attached hydrogen (secondary N) is 1. The molecule has 0 saturated heterocycles. The maximum atomic E-state index is 12.6. The number of allylic oxidation sites excluding steroid dienone is 11. The van der Waals surface area contributed by atoms with Gasteiger partial charge in [0.25, 0.3) is 0 Å². The number of hydrogen-bond donors (Lipinski definition) is 4. The number of carbonyl (C=O) groups excluding carboxylic acids is 1. The van der Waals surface area contributed by atoms with Crippen molar-refractivity contribution in [3.63, 3.8) is 0 Å². The topological polar surface area (TPSA) is 131 Å². The van der Waals surface area contributed by atoms with Crippen LogP contribution in [-0.2, 0) is 18.4 Å². The van der Waals surface area contributed by atoms with Gasteiger partial charge < -0.3 is 21.1 Å². The lowest BCUT2D eigenvalue weighted by molar-refractivity contribution is -0.122. The van der Waals surface area contributed by atoms with Gasteiger partial charge in [-0.3, -0.25) is 13.8 Å². The van der Waals surface area contributed by atoms with Gasteiger partial charge in [-0.25, -0.2) is 4.57 Å². The number of amides is 1. The van der Waals surface area contributed by atoms with Crippen LogP contribution in [0.2, 0.25) is 0 Å². The van der Waals surface area contributed by atoms with Gasteiger partial charge in [0.05, 0.1) is 25.4 Å². The largest absolute Gasteiger partial charge is 0.472 e. The fraction of sp³-hybridized carbons (Fsp3) is 0.639. The number of aliphatic hydroxyl groups is 1. The van der Waals surface area contributed by atoms with Crippen molar-refractivity contribution in [2.24, 2.45) is 5.73 Å². The van der Waals surface area contributed by atoms with E-state index in [0.29, 0.717) is 6.42 Å². The highest BCUT2D eigenvalue weighted by Crippen LogP contribution is 2.43. The van der Waals surface area contributed by atoms with Gasteiger partial charge in [0.2, 0.25) is 5.91 Å². The molecule has 0 aliphatic heterocycles. The van der Waals surface area contributed by atoms with E-state index < -0.39 is 20.0 Å². The highest BCUT2D eigenvalue weighted by Gasteiger charge is 2.26. The van der Waals surface area contributed by atoms with Crippen molar-refractivity contribution in [2.75, 3.05) is 19.8 Å². The van der Waals surface area contributed by atoms with Crippen molar-refractivity contribution in [1.29, 1.82) is 0 Å². The van der Waals surface area contributed by atoms with Crippen molar-refractivity contribution in [3.8, 4) is 0 Å². The number of carbonyl (C=O) groups is 1. The molecular formula is C36H63N2O6P. The quantitative estimate of drug-likeness (QED) is 0.0348. The minimum Gasteiger partial charge on any atom is -0.387 e. The summed E-state index contributed by atoms with van der Waals surface area (Å²) in [7, 11) is -4.34. The van der Waals surface area contributed by atoms with Crippen LogP contribution in [0.3, 0.4) is 0 Å². The fourth-order valence-corrected chi connectivity index (χ4v) is 4.98. The van der Waals surface area contributed by atoms with Crippen LogP contribution in [0.4, 0.5) is 0 Å². The molecule has 258 valence electrons. The van der Waals surface area contributed by atoms with Crippen molar-refractivity contribution < 1.29 is 28.4 Å². The summed E-state index contributed by atoms with van der Waals surface area (Å²) in [5.74, 6) is -0.258. The fourth-order valence-electron chi connectivity index (χ4n) is 4.22. The summed E-state index contributed by atoms with van der Waals surface area (Å²) in [6.45, 7) is 3.90. The number of phosphoric acid groups is 1. The highest BCUT2D eigenvalue weighted by atomic mass is 31.2. The molecule has 9 heteroatoms. The maximum Gasteiger partial charge on any atom is 0.472 e. The van der Waals surface area contributed by atoms with E-state index in [9.17, 15) is 19.4 Å². The molecule has 0 rings (SSSR count). The minimum atomic E-state index is -4.34. The summed E-state index contributed by atoms with van der Waals surface area (Å²) in [6.07, 6.45) is 39.6. The van der Waals surface area contributed by atoms with Crippen molar-refractivity contribution in [3.05, 3.63) is 72.9 Å². The molecule has 0 aliphatic rings. The Morgan fingerprint density at radius 3 is 1.87 bits per heavy atom. The lowest BCUT2D eigenvalue weighted by atomic mass is 10.1. The van der Waals surface area contributed by atoms with Crippen LogP contribution in [0, 0.1) is 0 Å². The molecule has 3 atom stereocenters. The Bertz CT molecular complexity index is 929. The SMILES string of the molecule is CC/C=C\C/C=C\C/C=C\C/C=C\C/C=C\CCCC(=O)NC(COP(=O)(O)OCCN)C(O)/C=C/CCCCCCCCC. The van der Waals surface area contributed by atoms with E-state index in [2.05, 4.69) is 79.9 Å². The number of hydrogen-bond acceptors (Lipinski definition) is 6. The molecule has 0 radical (unpaired) electrons. The van der Waals surface area contributed by atoms with Crippen LogP contribution >= 0.6 is 7.82 Å². The predicted octanol–water partition coefficient (Wildman–Crippen LogP) is 8.54. The number of rotatable bonds is 30. The Labute approximate surface area is 274 Å². The summed E-state index contributed by atoms with van der Waals surface area (Å²) >= 11 is 0. The maximum absolute atomic E-state index is 12.6. The van der Waals surface area contributed by atoms with Crippen LogP contribution in [-0.4, -0.2) is 47.8 Å². The van der Waals surface area contributed by atoms with E-state index in [1.807, 2.05) is 6.08 Å². The molecular weight excluding hydrogens is 587 g/mol. The van der Waals surface area contributed by atoms with E-state index in [1.54, 1.807) is 6.08 Å². The zero-order valence-electron chi connectivity index (χ0n) is 28.1. The minimum absolute atomic E-state index is 0.0654. The van der Waals surface area contributed by atoms with Crippen LogP contribution in [0.15, 0.2) is 72.9 Å². The summed E-state index contributed by atoms with van der Waals surface area (Å²) in [5, 5.41) is 13.5. The van der Waals surface area contributed by atoms with Crippen LogP contribution < -0.4 is 11.1 Å². The standard InChI is InChI=1S/C36H63N2O6P/c1-3-5-7-9-11-13-14-15-16-17-18-19-20-22-24-26-28-30-36(40)38-34(33-44-45(41,42)43-32-31-37)35(39)29-27-25-23-21-12-10-8-6-4-2/h5,7,11,13,15-16,18-19,22,24,27,29,34-35,39H,3-4,6,8-10,12,14,17,20-21,23,25-26,28,30-33,37H2,1-2H3,(H,38,40)(H,41,42)/b7-5-,13-11-,16-15-,19-18-,24-22-,29-27+. The first kappa shape index (κ1) is 42.9. The number of aliphatic hydroxyl groups excluding tert-OH is 1. The molecule has 45 heavy (non-hydrogen) atoms. The van der Waals surface area contributed by atoms with Gasteiger partial charge in [-0.05, 0) is 57.8 Å². The second-order valence-electron chi connectivity index (χ2n) is 11.0. The van der Waals surface area contributed by atoms with Crippen LogP contribution in [0.25, 0.3) is 0 Å². The van der Waals surface area contributed by atoms with Gasteiger partial charge in [0.1, 0.15) is 0 Å². The summed E-state index contributed by atoms with van der Waals surface area (Å²) in [4.78, 5) is 22.5. The second kappa shape index (κ2) is 31.9. The monoisotopic (exact) mass is 650 g/mol. The molecule has 0 spiro atoms. The summed E-state index contributed by atoms with van der Waals surface area (Å²) in [5.41, 5.74) is 5.33. The molecule has 1 amide bonds. The third-order valence-electron chi connectivity index (χ3n) is 6.79. The lowest BCUT2D eigenvalue weighted by Gasteiger charge is -2.23. The highest BCUT2D eigenvalue weighted by molar-refractivity contribution is 7.47. The Kier molecular flexibility index (Phi) is 30.4. The molecule has 0 heterocycles. The molecule has 0 aliphatic carbocycles. The Hall–Kier alpha value is -2.06. The van der Waals surface area contributed by atoms with Gasteiger partial charge in [0.15, 0.2) is 0 Å². The van der Waals surface area contributed by atoms with Crippen molar-refractivity contribution in [2.45, 2.75) is 129 Å². The third kappa shape index (κ3) is 30.4. The predicted molar refractivity (Wildman–Crippen MR) is 189 cm³/mol. The van der Waals surface area contributed by atoms with Crippen LogP contribution in [0.5, 0.6) is 0 Å². The van der Waals surface area contributed by atoms with Crippen LogP contribution in [0.1, 0.15) is 117 Å². The molecule has 3 unspecified atom stereocenters. The van der Waals surface area contributed by atoms with Gasteiger partial charge in [-0.2, -0.15) is 0 Å². The van der Waals surface area contributed by atoms with Crippen molar-refractivity contribution >= 4 is 13.7 Å². The first-order valence-electron chi connectivity index (χ1n) is 17.1. The van der Waals surface area contributed by atoms with Gasteiger partial charge in [-0.15, -0.1) is 0 Å². The Balaban J connectivity index is 4.48. The molecule has 0 aromatic rings. The normalized spacial score (nSPS) is 15.4. The number of unbranched alkanes of at least 4 members (excludes halogenated alkanes) is 8. The number of nitrogens with two attached hydrogens (primary N) is 1. The van der Waals surface area contributed by atoms with E-state index in [-0.39, 0.29) is 32.1 Å². The first-order chi connectivity index (χ1) is 21.9. The van der Waals surface area contributed by atoms with E-state index in [4.69, 9.17) is 14.8 Å². The molecule has 0 bridgehead atoms. The van der Waals surface area contributed by atoms with Crippen molar-refractivity contribution in [1.82, 2.24) is 5.32 Å². The average molecular weight is 651 g/mol. The average Bonchev–Trinajstić information content (AvgIpc) is 3.02. The van der Waals surface area contributed by atoms with Gasteiger partial charge in [0, 0.05) is 13.0 Å². The lowest BCUT2D eigenvalue weighted by Crippen LogP contribution is -2.45. The molecule has 5 N–H and O–H groups in total. The number of phosphoric ester groups is 1. The Morgan fingerprint density at radius 1 is 0.756 bits per heavy atom. The van der Waals surface area contributed by atoms with Gasteiger partial charge in [-0.1, -0.05) is 125 Å². The van der Waals surface area contributed by atoms with E-state index in [0.717, 1.165) is 57.8 Å². The van der Waals surface area contributed by atoms with E-state index in [1.165, 1.54) is 32.1 Å². The molecule has 0 aromatic carbocycles. The zero-order valence-corrected chi connectivity index (χ0v) is 29.0. The van der Waals surface area contributed by atoms with Gasteiger partial charge >= 0.3 is 7.82 Å². The zero-order chi connectivity index (χ0) is 33.3. The Morgan fingerprint density at radius 2 is 1.29 bits per heavy atom. The molecule has 0 fully saturated rings.